The molecule has 1 aliphatic carbocycles. The van der Waals surface area contributed by atoms with Gasteiger partial charge in [-0.2, -0.15) is 0 Å². The lowest BCUT2D eigenvalue weighted by Crippen LogP contribution is -2.44. The number of ketones is 1. The van der Waals surface area contributed by atoms with Crippen LogP contribution in [0.4, 0.5) is 0 Å². The van der Waals surface area contributed by atoms with Crippen molar-refractivity contribution in [1.29, 1.82) is 0 Å². The average Bonchev–Trinajstić information content (AvgIpc) is 3.36. The zero-order chi connectivity index (χ0) is 28.5. The zero-order valence-corrected chi connectivity index (χ0v) is 26.9. The Kier molecular flexibility index (Phi) is 6.99. The first-order valence-electron chi connectivity index (χ1n) is 13.5. The summed E-state index contributed by atoms with van der Waals surface area (Å²) in [6, 6.07) is 11.5. The molecular formula is C31H39BrO6Si. The molecule has 5 rings (SSSR count). The first kappa shape index (κ1) is 28.6. The van der Waals surface area contributed by atoms with Gasteiger partial charge in [-0.05, 0) is 87.8 Å². The van der Waals surface area contributed by atoms with Crippen LogP contribution in [0, 0.1) is 0 Å². The van der Waals surface area contributed by atoms with Crippen molar-refractivity contribution in [1.82, 2.24) is 0 Å². The molecule has 2 aromatic carbocycles. The highest BCUT2D eigenvalue weighted by Crippen LogP contribution is 2.46. The van der Waals surface area contributed by atoms with Crippen LogP contribution >= 0.6 is 15.9 Å². The molecule has 1 saturated heterocycles. The van der Waals surface area contributed by atoms with Gasteiger partial charge in [-0.25, -0.2) is 0 Å². The van der Waals surface area contributed by atoms with Crippen LogP contribution in [0.2, 0.25) is 18.1 Å². The predicted molar refractivity (Wildman–Crippen MR) is 158 cm³/mol. The topological polar surface area (TPSA) is 67.1 Å². The standard InChI is InChI=1S/C31H39BrO6Si/c1-29(2,3)39(8,9)35-17-25-24(37-31(6,7)38-25)16-34-19-11-13-20-22(15-19)30(4,5)28-26(27(20)33)21-12-10-18(32)14-23(21)36-28/h10-15,24-25H,16-17H2,1-9H3/t24-,25-/m1/s1. The number of hydrogen-bond donors (Lipinski definition) is 0. The van der Waals surface area contributed by atoms with E-state index in [-0.39, 0.29) is 23.0 Å². The number of rotatable bonds is 6. The molecule has 0 spiro atoms. The van der Waals surface area contributed by atoms with Crippen molar-refractivity contribution in [3.8, 4) is 5.75 Å². The molecule has 0 amide bonds. The molecule has 1 aromatic heterocycles. The second kappa shape index (κ2) is 9.55. The van der Waals surface area contributed by atoms with E-state index >= 15 is 0 Å². The summed E-state index contributed by atoms with van der Waals surface area (Å²) >= 11 is 3.50. The van der Waals surface area contributed by atoms with Crippen molar-refractivity contribution in [3.63, 3.8) is 0 Å². The van der Waals surface area contributed by atoms with Gasteiger partial charge in [0.25, 0.3) is 0 Å². The third-order valence-corrected chi connectivity index (χ3v) is 13.5. The van der Waals surface area contributed by atoms with E-state index in [2.05, 4.69) is 63.6 Å². The number of hydrogen-bond acceptors (Lipinski definition) is 6. The van der Waals surface area contributed by atoms with Crippen LogP contribution in [0.25, 0.3) is 11.0 Å². The molecule has 2 aliphatic rings. The van der Waals surface area contributed by atoms with Gasteiger partial charge in [0.1, 0.15) is 35.9 Å². The second-order valence-electron chi connectivity index (χ2n) is 13.2. The molecule has 0 saturated carbocycles. The number of ether oxygens (including phenoxy) is 3. The quantitative estimate of drug-likeness (QED) is 0.262. The van der Waals surface area contributed by atoms with Gasteiger partial charge < -0.3 is 23.1 Å². The Labute approximate surface area is 240 Å². The summed E-state index contributed by atoms with van der Waals surface area (Å²) in [5, 5.41) is 0.946. The summed E-state index contributed by atoms with van der Waals surface area (Å²) in [7, 11) is -1.94. The maximum atomic E-state index is 13.6. The predicted octanol–water partition coefficient (Wildman–Crippen LogP) is 7.99. The van der Waals surface area contributed by atoms with Crippen LogP contribution < -0.4 is 4.74 Å². The molecule has 39 heavy (non-hydrogen) atoms. The molecule has 1 fully saturated rings. The molecule has 0 bridgehead atoms. The molecule has 210 valence electrons. The highest BCUT2D eigenvalue weighted by molar-refractivity contribution is 9.10. The van der Waals surface area contributed by atoms with Crippen molar-refractivity contribution in [3.05, 3.63) is 63.3 Å². The van der Waals surface area contributed by atoms with Crippen LogP contribution in [0.3, 0.4) is 0 Å². The Bertz CT molecular complexity index is 1430. The van der Waals surface area contributed by atoms with Gasteiger partial charge in [0.15, 0.2) is 19.9 Å². The molecule has 6 nitrogen and oxygen atoms in total. The minimum atomic E-state index is -1.94. The van der Waals surface area contributed by atoms with E-state index in [1.807, 2.05) is 50.2 Å². The average molecular weight is 616 g/mol. The van der Waals surface area contributed by atoms with Crippen molar-refractivity contribution in [2.45, 2.75) is 90.0 Å². The van der Waals surface area contributed by atoms with Gasteiger partial charge in [-0.1, -0.05) is 36.7 Å². The number of furan rings is 1. The molecule has 0 unspecified atom stereocenters. The Morgan fingerprint density at radius 2 is 1.64 bits per heavy atom. The fraction of sp³-hybridized carbons (Fsp3) is 0.516. The zero-order valence-electron chi connectivity index (χ0n) is 24.4. The van der Waals surface area contributed by atoms with Gasteiger partial charge in [0, 0.05) is 20.8 Å². The van der Waals surface area contributed by atoms with Gasteiger partial charge in [0.05, 0.1) is 12.2 Å². The fourth-order valence-electron chi connectivity index (χ4n) is 5.20. The first-order chi connectivity index (χ1) is 18.0. The second-order valence-corrected chi connectivity index (χ2v) is 18.9. The SMILES string of the molecule is CC1(C)O[C@H](COc2ccc3c(c2)C(C)(C)c2oc4cc(Br)ccc4c2C3=O)[C@@H](CO[Si](C)(C)C(C)(C)C)O1. The van der Waals surface area contributed by atoms with Gasteiger partial charge >= 0.3 is 0 Å². The monoisotopic (exact) mass is 614 g/mol. The number of carbonyl (C=O) groups excluding carboxylic acids is 1. The maximum absolute atomic E-state index is 13.6. The van der Waals surface area contributed by atoms with E-state index in [9.17, 15) is 4.79 Å². The Hall–Kier alpha value is -1.97. The van der Waals surface area contributed by atoms with Crippen LogP contribution in [0.5, 0.6) is 5.75 Å². The largest absolute Gasteiger partial charge is 0.491 e. The maximum Gasteiger partial charge on any atom is 0.197 e. The summed E-state index contributed by atoms with van der Waals surface area (Å²) in [5.41, 5.74) is 2.39. The molecule has 0 N–H and O–H groups in total. The summed E-state index contributed by atoms with van der Waals surface area (Å²) < 4.78 is 32.3. The molecule has 3 aromatic rings. The molecule has 1 aliphatic heterocycles. The van der Waals surface area contributed by atoms with E-state index in [0.29, 0.717) is 41.4 Å². The van der Waals surface area contributed by atoms with E-state index in [0.717, 1.165) is 15.4 Å². The summed E-state index contributed by atoms with van der Waals surface area (Å²) in [6.45, 7) is 19.9. The first-order valence-corrected chi connectivity index (χ1v) is 17.2. The summed E-state index contributed by atoms with van der Waals surface area (Å²) in [5.74, 6) is 0.618. The summed E-state index contributed by atoms with van der Waals surface area (Å²) in [4.78, 5) is 13.6. The van der Waals surface area contributed by atoms with Gasteiger partial charge in [-0.3, -0.25) is 4.79 Å². The number of halogens is 1. The van der Waals surface area contributed by atoms with Crippen molar-refractivity contribution >= 4 is 41.0 Å². The highest BCUT2D eigenvalue weighted by atomic mass is 79.9. The molecule has 2 heterocycles. The van der Waals surface area contributed by atoms with Gasteiger partial charge in [0.2, 0.25) is 0 Å². The Morgan fingerprint density at radius 3 is 2.31 bits per heavy atom. The Morgan fingerprint density at radius 1 is 0.974 bits per heavy atom. The molecule has 2 atom stereocenters. The van der Waals surface area contributed by atoms with E-state index in [4.69, 9.17) is 23.1 Å². The number of benzene rings is 2. The molecular weight excluding hydrogens is 576 g/mol. The minimum absolute atomic E-state index is 0.0240. The smallest absolute Gasteiger partial charge is 0.197 e. The van der Waals surface area contributed by atoms with E-state index < -0.39 is 19.5 Å². The lowest BCUT2D eigenvalue weighted by Gasteiger charge is -2.37. The van der Waals surface area contributed by atoms with Crippen LogP contribution in [0.1, 0.15) is 75.7 Å². The number of carbonyl (C=O) groups is 1. The van der Waals surface area contributed by atoms with Crippen LogP contribution in [-0.4, -0.2) is 45.3 Å². The normalized spacial score (nSPS) is 22.2. The number of fused-ring (bicyclic) bond motifs is 4. The van der Waals surface area contributed by atoms with Crippen LogP contribution in [-0.2, 0) is 19.3 Å². The fourth-order valence-corrected chi connectivity index (χ4v) is 6.55. The highest BCUT2D eigenvalue weighted by Gasteiger charge is 2.45. The Balaban J connectivity index is 1.36. The molecule has 8 heteroatoms. The summed E-state index contributed by atoms with van der Waals surface area (Å²) in [6.07, 6.45) is -0.516. The molecule has 0 radical (unpaired) electrons. The third kappa shape index (κ3) is 5.15. The van der Waals surface area contributed by atoms with Crippen LogP contribution in [0.15, 0.2) is 45.3 Å². The third-order valence-electron chi connectivity index (χ3n) is 8.47. The lowest BCUT2D eigenvalue weighted by atomic mass is 9.72. The van der Waals surface area contributed by atoms with Crippen molar-refractivity contribution in [2.24, 2.45) is 0 Å². The van der Waals surface area contributed by atoms with E-state index in [1.54, 1.807) is 0 Å². The van der Waals surface area contributed by atoms with Crippen molar-refractivity contribution < 1.29 is 27.8 Å². The van der Waals surface area contributed by atoms with E-state index in [1.165, 1.54) is 0 Å². The van der Waals surface area contributed by atoms with Gasteiger partial charge in [-0.15, -0.1) is 0 Å². The minimum Gasteiger partial charge on any atom is -0.491 e. The lowest BCUT2D eigenvalue weighted by molar-refractivity contribution is -0.150. The van der Waals surface area contributed by atoms with Crippen molar-refractivity contribution in [2.75, 3.05) is 13.2 Å².